The van der Waals surface area contributed by atoms with Crippen molar-refractivity contribution < 1.29 is 33.3 Å². The Morgan fingerprint density at radius 2 is 1.98 bits per heavy atom. The highest BCUT2D eigenvalue weighted by Crippen LogP contribution is 2.34. The van der Waals surface area contributed by atoms with Crippen LogP contribution in [-0.4, -0.2) is 57.9 Å². The van der Waals surface area contributed by atoms with Crippen LogP contribution in [0, 0.1) is 5.82 Å². The lowest BCUT2D eigenvalue weighted by Gasteiger charge is -2.22. The first-order valence-electron chi connectivity index (χ1n) is 14.4. The van der Waals surface area contributed by atoms with Gasteiger partial charge in [0, 0.05) is 23.5 Å². The zero-order valence-corrected chi connectivity index (χ0v) is 26.9. The molecule has 46 heavy (non-hydrogen) atoms. The smallest absolute Gasteiger partial charge is 0.407 e. The zero-order valence-electron chi connectivity index (χ0n) is 26.1. The van der Waals surface area contributed by atoms with Crippen molar-refractivity contribution in [1.29, 1.82) is 0 Å². The predicted octanol–water partition coefficient (Wildman–Crippen LogP) is 4.29. The van der Waals surface area contributed by atoms with Crippen molar-refractivity contribution in [2.75, 3.05) is 31.4 Å². The number of H-pyrrole nitrogens is 1. The third kappa shape index (κ3) is 8.03. The summed E-state index contributed by atoms with van der Waals surface area (Å²) in [5.41, 5.74) is 7.24. The van der Waals surface area contributed by atoms with Gasteiger partial charge in [-0.25, -0.2) is 18.8 Å². The average molecular weight is 657 g/mol. The maximum atomic E-state index is 16.1. The van der Waals surface area contributed by atoms with Crippen LogP contribution in [0.3, 0.4) is 0 Å². The Morgan fingerprint density at radius 3 is 2.65 bits per heavy atom. The Labute approximate surface area is 268 Å². The molecule has 1 atom stereocenters. The lowest BCUT2D eigenvalue weighted by molar-refractivity contribution is 0.0522. The molecule has 2 aromatic heterocycles. The van der Waals surface area contributed by atoms with Crippen LogP contribution < -0.4 is 26.8 Å². The maximum Gasteiger partial charge on any atom is 0.407 e. The molecule has 0 saturated carbocycles. The number of hydrogen-bond acceptors (Lipinski definition) is 11. The second-order valence-electron chi connectivity index (χ2n) is 11.1. The van der Waals surface area contributed by atoms with E-state index in [0.717, 1.165) is 21.6 Å². The molecule has 6 N–H and O–H groups in total. The summed E-state index contributed by atoms with van der Waals surface area (Å²) in [7, 11) is 1.23. The number of carbonyl (C=O) groups excluding carboxylic acids is 2. The van der Waals surface area contributed by atoms with E-state index >= 15 is 4.39 Å². The molecule has 0 saturated heterocycles. The maximum absolute atomic E-state index is 16.1. The second kappa shape index (κ2) is 14.5. The molecule has 0 aliphatic rings. The van der Waals surface area contributed by atoms with E-state index in [9.17, 15) is 19.5 Å². The standard InChI is InChI=1S/C31H37FN6O7S/c1-6-17-13-20(24(32)23(14-17)44-11-10-39)25(27-36-29(41)38(37-27)22-9-12-46-26(22)28(40)43-5)35-19-7-8-21(33)18(15-19)16-34-30(42)45-31(2,3)4/h7-9,12-15,25,35,39H,6,10-11,16,33H2,1-5H3,(H,34,42)(H,36,37,41). The first kappa shape index (κ1) is 34.0. The van der Waals surface area contributed by atoms with Gasteiger partial charge in [0.2, 0.25) is 0 Å². The Morgan fingerprint density at radius 1 is 1.22 bits per heavy atom. The van der Waals surface area contributed by atoms with Crippen molar-refractivity contribution in [2.24, 2.45) is 0 Å². The number of ether oxygens (including phenoxy) is 3. The van der Waals surface area contributed by atoms with Crippen molar-refractivity contribution >= 4 is 34.8 Å². The van der Waals surface area contributed by atoms with Gasteiger partial charge in [-0.05, 0) is 74.0 Å². The summed E-state index contributed by atoms with van der Waals surface area (Å²) in [6.45, 7) is 6.73. The van der Waals surface area contributed by atoms with Crippen LogP contribution in [0.15, 0.2) is 46.6 Å². The van der Waals surface area contributed by atoms with Crippen molar-refractivity contribution in [3.63, 3.8) is 0 Å². The highest BCUT2D eigenvalue weighted by atomic mass is 32.1. The van der Waals surface area contributed by atoms with E-state index in [1.54, 1.807) is 62.5 Å². The molecule has 13 nitrogen and oxygen atoms in total. The number of benzene rings is 2. The molecule has 4 rings (SSSR count). The largest absolute Gasteiger partial charge is 0.488 e. The van der Waals surface area contributed by atoms with Gasteiger partial charge in [0.1, 0.15) is 23.1 Å². The topological polar surface area (TPSA) is 183 Å². The van der Waals surface area contributed by atoms with Crippen molar-refractivity contribution in [3.05, 3.63) is 85.5 Å². The number of alkyl carbamates (subject to hydrolysis) is 1. The molecule has 2 aromatic carbocycles. The molecule has 0 fully saturated rings. The van der Waals surface area contributed by atoms with E-state index in [1.807, 2.05) is 6.92 Å². The van der Waals surface area contributed by atoms with Crippen LogP contribution in [0.1, 0.15) is 65.9 Å². The Bertz CT molecular complexity index is 1760. The fourth-order valence-electron chi connectivity index (χ4n) is 4.49. The summed E-state index contributed by atoms with van der Waals surface area (Å²) in [4.78, 5) is 40.7. The lowest BCUT2D eigenvalue weighted by atomic mass is 10.00. The lowest BCUT2D eigenvalue weighted by Crippen LogP contribution is -2.32. The van der Waals surface area contributed by atoms with Gasteiger partial charge >= 0.3 is 17.8 Å². The molecule has 1 amide bonds. The summed E-state index contributed by atoms with van der Waals surface area (Å²) < 4.78 is 32.8. The van der Waals surface area contributed by atoms with Gasteiger partial charge in [0.05, 0.1) is 19.4 Å². The van der Waals surface area contributed by atoms with E-state index in [1.165, 1.54) is 7.11 Å². The predicted molar refractivity (Wildman–Crippen MR) is 171 cm³/mol. The molecule has 4 aromatic rings. The van der Waals surface area contributed by atoms with Crippen LogP contribution in [0.4, 0.5) is 20.6 Å². The zero-order chi connectivity index (χ0) is 33.6. The Hall–Kier alpha value is -4.89. The summed E-state index contributed by atoms with van der Waals surface area (Å²) in [5.74, 6) is -1.43. The summed E-state index contributed by atoms with van der Waals surface area (Å²) >= 11 is 1.08. The van der Waals surface area contributed by atoms with Gasteiger partial charge in [-0.1, -0.05) is 13.0 Å². The van der Waals surface area contributed by atoms with Gasteiger partial charge in [-0.3, -0.25) is 4.98 Å². The number of nitrogen functional groups attached to an aromatic ring is 1. The Kier molecular flexibility index (Phi) is 10.7. The fraction of sp³-hybridized carbons (Fsp3) is 0.355. The van der Waals surface area contributed by atoms with Gasteiger partial charge in [0.25, 0.3) is 0 Å². The normalized spacial score (nSPS) is 12.0. The molecule has 2 heterocycles. The number of thiophene rings is 1. The van der Waals surface area contributed by atoms with Crippen molar-refractivity contribution in [3.8, 4) is 11.4 Å². The van der Waals surface area contributed by atoms with E-state index in [0.29, 0.717) is 23.4 Å². The number of aliphatic hydroxyl groups excluding tert-OH is 1. The molecule has 0 radical (unpaired) electrons. The van der Waals surface area contributed by atoms with Crippen LogP contribution in [0.25, 0.3) is 5.69 Å². The first-order valence-corrected chi connectivity index (χ1v) is 15.3. The number of aryl methyl sites for hydroxylation is 1. The molecule has 1 unspecified atom stereocenters. The average Bonchev–Trinajstić information content (AvgIpc) is 3.65. The van der Waals surface area contributed by atoms with Gasteiger partial charge in [-0.2, -0.15) is 4.68 Å². The van der Waals surface area contributed by atoms with E-state index in [-0.39, 0.29) is 47.5 Å². The third-order valence-electron chi connectivity index (χ3n) is 6.62. The number of methoxy groups -OCH3 is 1. The molecular formula is C31H37FN6O7S. The van der Waals surface area contributed by atoms with Gasteiger partial charge in [-0.15, -0.1) is 16.4 Å². The monoisotopic (exact) mass is 656 g/mol. The molecule has 0 aliphatic carbocycles. The minimum Gasteiger partial charge on any atom is -0.488 e. The molecule has 0 bridgehead atoms. The minimum atomic E-state index is -1.09. The van der Waals surface area contributed by atoms with Gasteiger partial charge < -0.3 is 35.7 Å². The molecule has 15 heteroatoms. The van der Waals surface area contributed by atoms with Crippen molar-refractivity contribution in [2.45, 2.75) is 52.3 Å². The number of nitrogens with two attached hydrogens (primary N) is 1. The highest BCUT2D eigenvalue weighted by Gasteiger charge is 2.28. The molecule has 246 valence electrons. The number of esters is 1. The fourth-order valence-corrected chi connectivity index (χ4v) is 5.28. The number of amides is 1. The number of rotatable bonds is 12. The number of aromatic amines is 1. The number of carbonyl (C=O) groups is 2. The minimum absolute atomic E-state index is 0.0255. The van der Waals surface area contributed by atoms with E-state index in [2.05, 4.69) is 20.7 Å². The summed E-state index contributed by atoms with van der Waals surface area (Å²) in [6.07, 6.45) is -0.0972. The number of nitrogens with one attached hydrogen (secondary N) is 3. The van der Waals surface area contributed by atoms with E-state index in [4.69, 9.17) is 19.9 Å². The summed E-state index contributed by atoms with van der Waals surface area (Å²) in [5, 5.41) is 21.3. The van der Waals surface area contributed by atoms with Crippen LogP contribution in [-0.2, 0) is 22.4 Å². The SMILES string of the molecule is CCc1cc(OCCO)c(F)c(C(Nc2ccc(N)c(CNC(=O)OC(C)(C)C)c2)c2nn(-c3ccsc3C(=O)OC)c(=O)[nH]2)c1. The molecular weight excluding hydrogens is 619 g/mol. The number of hydrogen-bond donors (Lipinski definition) is 5. The van der Waals surface area contributed by atoms with Crippen LogP contribution in [0.2, 0.25) is 0 Å². The summed E-state index contributed by atoms with van der Waals surface area (Å²) in [6, 6.07) is 8.59. The third-order valence-corrected chi connectivity index (χ3v) is 7.51. The number of aromatic nitrogens is 3. The quantitative estimate of drug-likeness (QED) is 0.109. The van der Waals surface area contributed by atoms with Gasteiger partial charge in [0.15, 0.2) is 17.4 Å². The second-order valence-corrected chi connectivity index (χ2v) is 12.0. The van der Waals surface area contributed by atoms with E-state index < -0.39 is 35.2 Å². The van der Waals surface area contributed by atoms with Crippen LogP contribution >= 0.6 is 11.3 Å². The molecule has 0 spiro atoms. The highest BCUT2D eigenvalue weighted by molar-refractivity contribution is 7.12. The molecule has 0 aliphatic heterocycles. The number of anilines is 2. The number of halogens is 1. The number of nitrogens with zero attached hydrogens (tertiary/aromatic N) is 2. The Balaban J connectivity index is 1.79. The van der Waals surface area contributed by atoms with Crippen molar-refractivity contribution in [1.82, 2.24) is 20.1 Å². The van der Waals surface area contributed by atoms with Crippen LogP contribution in [0.5, 0.6) is 5.75 Å². The first-order chi connectivity index (χ1) is 21.8. The number of aliphatic hydroxyl groups is 1.